The lowest BCUT2D eigenvalue weighted by Crippen LogP contribution is -2.39. The lowest BCUT2D eigenvalue weighted by Gasteiger charge is -2.26. The van der Waals surface area contributed by atoms with Crippen molar-refractivity contribution in [3.05, 3.63) is 0 Å². The van der Waals surface area contributed by atoms with E-state index in [1.807, 2.05) is 0 Å². The topological polar surface area (TPSA) is 90.9 Å². The third-order valence-electron chi connectivity index (χ3n) is 5.31. The van der Waals surface area contributed by atoms with Crippen molar-refractivity contribution in [1.82, 2.24) is 5.32 Å². The van der Waals surface area contributed by atoms with Crippen LogP contribution in [-0.4, -0.2) is 37.2 Å². The number of nitrogens with one attached hydrogen (secondary N) is 1. The highest BCUT2D eigenvalue weighted by atomic mass is 31.1. The summed E-state index contributed by atoms with van der Waals surface area (Å²) in [6.45, 7) is 7.45. The predicted octanol–water partition coefficient (Wildman–Crippen LogP) is 5.67. The molecule has 0 spiro atoms. The van der Waals surface area contributed by atoms with E-state index in [1.165, 1.54) is 26.4 Å². The molecule has 0 radical (unpaired) electrons. The SMILES string of the molecule is CCCCCC(NC(=O)OC(C)(C)C)O[PH](=O)CC(CC1CCCCC1)C(=O)OC. The van der Waals surface area contributed by atoms with Crippen LogP contribution in [0.2, 0.25) is 0 Å². The van der Waals surface area contributed by atoms with E-state index >= 15 is 0 Å². The van der Waals surface area contributed by atoms with Crippen LogP contribution < -0.4 is 5.32 Å². The standard InChI is InChI=1S/C22H42NO6P/c1-6-7-9-14-19(23-21(25)28-22(2,3)4)29-30(26)16-18(20(24)27-5)15-17-12-10-8-11-13-17/h17-19,30H,6-16H2,1-5H3,(H,23,25). The normalized spacial score (nSPS) is 18.3. The van der Waals surface area contributed by atoms with Gasteiger partial charge in [0.05, 0.1) is 13.0 Å². The molecular formula is C22H42NO6P. The van der Waals surface area contributed by atoms with Crippen LogP contribution in [0.15, 0.2) is 0 Å². The summed E-state index contributed by atoms with van der Waals surface area (Å²) in [7, 11) is -1.17. The first-order chi connectivity index (χ1) is 14.1. The van der Waals surface area contributed by atoms with Gasteiger partial charge in [-0.2, -0.15) is 0 Å². The van der Waals surface area contributed by atoms with Crippen LogP contribution >= 0.6 is 8.03 Å². The minimum atomic E-state index is -2.54. The van der Waals surface area contributed by atoms with Crippen LogP contribution in [0.3, 0.4) is 0 Å². The molecule has 7 nitrogen and oxygen atoms in total. The number of ether oxygens (including phenoxy) is 2. The number of hydrogen-bond acceptors (Lipinski definition) is 6. The van der Waals surface area contributed by atoms with Gasteiger partial charge < -0.3 is 14.0 Å². The zero-order chi connectivity index (χ0) is 22.6. The summed E-state index contributed by atoms with van der Waals surface area (Å²) in [4.78, 5) is 24.4. The summed E-state index contributed by atoms with van der Waals surface area (Å²) < 4.78 is 28.8. The Morgan fingerprint density at radius 3 is 2.37 bits per heavy atom. The van der Waals surface area contributed by atoms with Crippen LogP contribution in [0, 0.1) is 11.8 Å². The molecule has 0 aromatic heterocycles. The van der Waals surface area contributed by atoms with Gasteiger partial charge in [-0.3, -0.25) is 14.7 Å². The quantitative estimate of drug-likeness (QED) is 0.179. The predicted molar refractivity (Wildman–Crippen MR) is 119 cm³/mol. The Hall–Kier alpha value is -1.07. The number of carbonyl (C=O) groups is 2. The first kappa shape index (κ1) is 27.0. The third kappa shape index (κ3) is 11.9. The van der Waals surface area contributed by atoms with Gasteiger partial charge in [0.2, 0.25) is 0 Å². The van der Waals surface area contributed by atoms with Crippen molar-refractivity contribution < 1.29 is 28.2 Å². The molecule has 0 heterocycles. The van der Waals surface area contributed by atoms with Crippen LogP contribution in [-0.2, 0) is 23.4 Å². The number of alkyl carbamates (subject to hydrolysis) is 1. The fourth-order valence-electron chi connectivity index (χ4n) is 3.84. The minimum Gasteiger partial charge on any atom is -0.469 e. The molecule has 1 fully saturated rings. The fourth-order valence-corrected chi connectivity index (χ4v) is 5.17. The molecule has 1 aliphatic rings. The zero-order valence-corrected chi connectivity index (χ0v) is 20.5. The average molecular weight is 448 g/mol. The van der Waals surface area contributed by atoms with Crippen molar-refractivity contribution in [2.75, 3.05) is 13.3 Å². The van der Waals surface area contributed by atoms with Crippen molar-refractivity contribution >= 4 is 20.1 Å². The summed E-state index contributed by atoms with van der Waals surface area (Å²) in [5.41, 5.74) is -0.626. The molecule has 0 aliphatic heterocycles. The van der Waals surface area contributed by atoms with E-state index in [1.54, 1.807) is 20.8 Å². The van der Waals surface area contributed by atoms with Gasteiger partial charge in [-0.25, -0.2) is 4.79 Å². The van der Waals surface area contributed by atoms with Crippen molar-refractivity contribution in [2.45, 2.75) is 104 Å². The monoisotopic (exact) mass is 447 g/mol. The molecule has 176 valence electrons. The van der Waals surface area contributed by atoms with Crippen LogP contribution in [0.5, 0.6) is 0 Å². The number of unbranched alkanes of at least 4 members (excludes halogenated alkanes) is 2. The maximum atomic E-state index is 12.8. The molecule has 1 N–H and O–H groups in total. The van der Waals surface area contributed by atoms with E-state index < -0.39 is 31.9 Å². The number of carbonyl (C=O) groups excluding carboxylic acids is 2. The van der Waals surface area contributed by atoms with Crippen molar-refractivity contribution in [3.8, 4) is 0 Å². The van der Waals surface area contributed by atoms with Gasteiger partial charge in [-0.1, -0.05) is 51.9 Å². The highest BCUT2D eigenvalue weighted by Gasteiger charge is 2.28. The van der Waals surface area contributed by atoms with E-state index in [0.717, 1.165) is 32.1 Å². The van der Waals surface area contributed by atoms with Gasteiger partial charge in [0.25, 0.3) is 0 Å². The molecule has 3 atom stereocenters. The molecule has 1 aliphatic carbocycles. The molecule has 1 amide bonds. The van der Waals surface area contributed by atoms with Gasteiger partial charge in [0.1, 0.15) is 11.8 Å². The maximum absolute atomic E-state index is 12.8. The second-order valence-corrected chi connectivity index (χ2v) is 10.7. The molecule has 3 unspecified atom stereocenters. The number of methoxy groups -OCH3 is 1. The molecule has 0 aromatic carbocycles. The van der Waals surface area contributed by atoms with Crippen molar-refractivity contribution in [2.24, 2.45) is 11.8 Å². The Morgan fingerprint density at radius 1 is 1.13 bits per heavy atom. The Labute approximate surface area is 182 Å². The fraction of sp³-hybridized carbons (Fsp3) is 0.909. The lowest BCUT2D eigenvalue weighted by molar-refractivity contribution is -0.145. The van der Waals surface area contributed by atoms with Crippen molar-refractivity contribution in [1.29, 1.82) is 0 Å². The second-order valence-electron chi connectivity index (χ2n) is 9.28. The molecule has 0 saturated heterocycles. The van der Waals surface area contributed by atoms with Gasteiger partial charge in [-0.15, -0.1) is 0 Å². The summed E-state index contributed by atoms with van der Waals surface area (Å²) in [6.07, 6.45) is 8.79. The molecule has 30 heavy (non-hydrogen) atoms. The van der Waals surface area contributed by atoms with E-state index in [4.69, 9.17) is 14.0 Å². The molecule has 0 bridgehead atoms. The van der Waals surface area contributed by atoms with Gasteiger partial charge >= 0.3 is 12.1 Å². The summed E-state index contributed by atoms with van der Waals surface area (Å²) in [6, 6.07) is 0. The van der Waals surface area contributed by atoms with Crippen LogP contribution in [0.25, 0.3) is 0 Å². The molecule has 1 rings (SSSR count). The highest BCUT2D eigenvalue weighted by Crippen LogP contribution is 2.35. The summed E-state index contributed by atoms with van der Waals surface area (Å²) in [5.74, 6) is -0.287. The lowest BCUT2D eigenvalue weighted by atomic mass is 9.83. The molecule has 0 aromatic rings. The second kappa shape index (κ2) is 14.1. The van der Waals surface area contributed by atoms with Gasteiger partial charge in [0.15, 0.2) is 8.03 Å². The number of amides is 1. The van der Waals surface area contributed by atoms with Crippen LogP contribution in [0.1, 0.15) is 91.9 Å². The van der Waals surface area contributed by atoms with Gasteiger partial charge in [0, 0.05) is 6.16 Å². The molecular weight excluding hydrogens is 405 g/mol. The average Bonchev–Trinajstić information content (AvgIpc) is 2.66. The zero-order valence-electron chi connectivity index (χ0n) is 19.5. The number of rotatable bonds is 12. The number of esters is 1. The third-order valence-corrected chi connectivity index (χ3v) is 6.69. The Kier molecular flexibility index (Phi) is 12.7. The number of hydrogen-bond donors (Lipinski definition) is 1. The minimum absolute atomic E-state index is 0.147. The van der Waals surface area contributed by atoms with E-state index in [9.17, 15) is 14.2 Å². The largest absolute Gasteiger partial charge is 0.469 e. The van der Waals surface area contributed by atoms with E-state index in [-0.39, 0.29) is 12.1 Å². The molecule has 8 heteroatoms. The Bertz CT molecular complexity index is 542. The summed E-state index contributed by atoms with van der Waals surface area (Å²) >= 11 is 0. The Balaban J connectivity index is 2.67. The smallest absolute Gasteiger partial charge is 0.409 e. The highest BCUT2D eigenvalue weighted by molar-refractivity contribution is 7.39. The van der Waals surface area contributed by atoms with Crippen LogP contribution in [0.4, 0.5) is 4.79 Å². The first-order valence-electron chi connectivity index (χ1n) is 11.4. The Morgan fingerprint density at radius 2 is 1.80 bits per heavy atom. The maximum Gasteiger partial charge on any atom is 0.409 e. The van der Waals surface area contributed by atoms with Crippen molar-refractivity contribution in [3.63, 3.8) is 0 Å². The molecule has 1 saturated carbocycles. The van der Waals surface area contributed by atoms with E-state index in [2.05, 4.69) is 12.2 Å². The van der Waals surface area contributed by atoms with E-state index in [0.29, 0.717) is 18.8 Å². The summed E-state index contributed by atoms with van der Waals surface area (Å²) in [5, 5.41) is 2.69. The first-order valence-corrected chi connectivity index (χ1v) is 12.9. The van der Waals surface area contributed by atoms with Gasteiger partial charge in [-0.05, 0) is 46.0 Å².